The fourth-order valence-corrected chi connectivity index (χ4v) is 2.21. The van der Waals surface area contributed by atoms with Crippen LogP contribution in [-0.2, 0) is 11.2 Å². The molecule has 0 spiro atoms. The number of carbonyl (C=O) groups excluding carboxylic acids is 1. The van der Waals surface area contributed by atoms with E-state index in [1.807, 2.05) is 4.90 Å². The number of piperazine rings is 1. The maximum atomic E-state index is 11.9. The van der Waals surface area contributed by atoms with E-state index in [9.17, 15) is 9.59 Å². The van der Waals surface area contributed by atoms with Crippen LogP contribution in [0.2, 0.25) is 0 Å². The molecular formula is C12H20N6O3. The molecule has 0 aromatic carbocycles. The summed E-state index contributed by atoms with van der Waals surface area (Å²) in [5, 5.41) is 18.1. The fourth-order valence-electron chi connectivity index (χ4n) is 2.21. The molecule has 21 heavy (non-hydrogen) atoms. The number of nitrogens with one attached hydrogen (secondary N) is 2. The molecule has 0 bridgehead atoms. The van der Waals surface area contributed by atoms with Crippen LogP contribution in [0.15, 0.2) is 6.33 Å². The number of aryl methyl sites for hydroxylation is 1. The molecule has 1 fully saturated rings. The van der Waals surface area contributed by atoms with Crippen molar-refractivity contribution in [2.45, 2.75) is 12.8 Å². The number of aromatic nitrogens is 3. The normalized spacial score (nSPS) is 15.9. The molecular weight excluding hydrogens is 276 g/mol. The molecule has 0 atom stereocenters. The second-order valence-corrected chi connectivity index (χ2v) is 4.92. The Kier molecular flexibility index (Phi) is 5.50. The zero-order valence-corrected chi connectivity index (χ0v) is 11.8. The lowest BCUT2D eigenvalue weighted by molar-refractivity contribution is -0.138. The number of urea groups is 1. The summed E-state index contributed by atoms with van der Waals surface area (Å²) in [5.74, 6) is -0.0214. The van der Waals surface area contributed by atoms with Crippen molar-refractivity contribution in [1.29, 1.82) is 0 Å². The number of rotatable bonds is 6. The van der Waals surface area contributed by atoms with Crippen LogP contribution < -0.4 is 5.32 Å². The first-order valence-corrected chi connectivity index (χ1v) is 6.96. The van der Waals surface area contributed by atoms with Gasteiger partial charge >= 0.3 is 12.0 Å². The summed E-state index contributed by atoms with van der Waals surface area (Å²) in [6.45, 7) is 2.92. The van der Waals surface area contributed by atoms with Crippen molar-refractivity contribution in [2.75, 3.05) is 39.3 Å². The minimum atomic E-state index is -0.833. The lowest BCUT2D eigenvalue weighted by Gasteiger charge is -2.33. The molecule has 1 aromatic rings. The highest BCUT2D eigenvalue weighted by molar-refractivity contribution is 5.74. The summed E-state index contributed by atoms with van der Waals surface area (Å²) < 4.78 is 0. The quantitative estimate of drug-likeness (QED) is 0.589. The van der Waals surface area contributed by atoms with Crippen molar-refractivity contribution >= 4 is 12.0 Å². The predicted molar refractivity (Wildman–Crippen MR) is 73.8 cm³/mol. The van der Waals surface area contributed by atoms with Gasteiger partial charge in [-0.1, -0.05) is 0 Å². The second kappa shape index (κ2) is 7.58. The van der Waals surface area contributed by atoms with E-state index in [2.05, 4.69) is 20.5 Å². The van der Waals surface area contributed by atoms with Crippen LogP contribution in [0.5, 0.6) is 0 Å². The largest absolute Gasteiger partial charge is 0.480 e. The Labute approximate surface area is 122 Å². The molecule has 3 N–H and O–H groups in total. The third kappa shape index (κ3) is 5.03. The number of aromatic amines is 1. The smallest absolute Gasteiger partial charge is 0.317 e. The van der Waals surface area contributed by atoms with E-state index in [4.69, 9.17) is 5.11 Å². The number of amides is 2. The number of carboxylic acid groups (broad SMARTS) is 1. The van der Waals surface area contributed by atoms with Crippen molar-refractivity contribution in [2.24, 2.45) is 0 Å². The average Bonchev–Trinajstić information content (AvgIpc) is 2.97. The number of nitrogens with zero attached hydrogens (tertiary/aromatic N) is 4. The van der Waals surface area contributed by atoms with E-state index in [0.717, 1.165) is 18.7 Å². The van der Waals surface area contributed by atoms with E-state index >= 15 is 0 Å². The number of aliphatic carboxylic acids is 1. The number of H-pyrrole nitrogens is 1. The SMILES string of the molecule is O=C(O)CN1CCN(C(=O)NCCCc2ncn[nH]2)CC1. The van der Waals surface area contributed by atoms with Crippen LogP contribution in [-0.4, -0.2) is 81.4 Å². The third-order valence-electron chi connectivity index (χ3n) is 3.35. The summed E-state index contributed by atoms with van der Waals surface area (Å²) in [4.78, 5) is 30.1. The van der Waals surface area contributed by atoms with Crippen LogP contribution in [0, 0.1) is 0 Å². The molecule has 0 saturated carbocycles. The first kappa shape index (κ1) is 15.2. The molecule has 0 unspecified atom stereocenters. The van der Waals surface area contributed by atoms with Crippen LogP contribution in [0.25, 0.3) is 0 Å². The maximum Gasteiger partial charge on any atom is 0.317 e. The Morgan fingerprint density at radius 3 is 2.71 bits per heavy atom. The summed E-state index contributed by atoms with van der Waals surface area (Å²) >= 11 is 0. The van der Waals surface area contributed by atoms with Gasteiger partial charge in [-0.25, -0.2) is 9.78 Å². The Morgan fingerprint density at radius 2 is 2.10 bits per heavy atom. The highest BCUT2D eigenvalue weighted by atomic mass is 16.4. The van der Waals surface area contributed by atoms with Gasteiger partial charge in [0, 0.05) is 39.1 Å². The van der Waals surface area contributed by atoms with Crippen molar-refractivity contribution in [3.63, 3.8) is 0 Å². The van der Waals surface area contributed by atoms with Crippen molar-refractivity contribution < 1.29 is 14.7 Å². The van der Waals surface area contributed by atoms with Gasteiger partial charge in [-0.15, -0.1) is 0 Å². The zero-order valence-electron chi connectivity index (χ0n) is 11.8. The Morgan fingerprint density at radius 1 is 1.33 bits per heavy atom. The van der Waals surface area contributed by atoms with Gasteiger partial charge in [-0.05, 0) is 6.42 Å². The second-order valence-electron chi connectivity index (χ2n) is 4.92. The zero-order chi connectivity index (χ0) is 15.1. The molecule has 1 aliphatic rings. The summed E-state index contributed by atoms with van der Waals surface area (Å²) in [6, 6.07) is -0.0949. The first-order valence-electron chi connectivity index (χ1n) is 6.96. The Balaban J connectivity index is 1.60. The molecule has 1 saturated heterocycles. The number of carbonyl (C=O) groups is 2. The monoisotopic (exact) mass is 296 g/mol. The van der Waals surface area contributed by atoms with Gasteiger partial charge < -0.3 is 15.3 Å². The van der Waals surface area contributed by atoms with Gasteiger partial charge in [0.1, 0.15) is 12.2 Å². The highest BCUT2D eigenvalue weighted by Gasteiger charge is 2.21. The van der Waals surface area contributed by atoms with Gasteiger partial charge in [0.25, 0.3) is 0 Å². The van der Waals surface area contributed by atoms with Crippen molar-refractivity contribution in [3.05, 3.63) is 12.2 Å². The number of hydrogen-bond donors (Lipinski definition) is 3. The van der Waals surface area contributed by atoms with E-state index in [1.54, 1.807) is 4.90 Å². The van der Waals surface area contributed by atoms with E-state index in [0.29, 0.717) is 32.7 Å². The van der Waals surface area contributed by atoms with Gasteiger partial charge in [0.2, 0.25) is 0 Å². The van der Waals surface area contributed by atoms with Crippen molar-refractivity contribution in [1.82, 2.24) is 30.3 Å². The maximum absolute atomic E-state index is 11.9. The van der Waals surface area contributed by atoms with Crippen molar-refractivity contribution in [3.8, 4) is 0 Å². The lowest BCUT2D eigenvalue weighted by atomic mass is 10.3. The average molecular weight is 296 g/mol. The van der Waals surface area contributed by atoms with E-state index in [1.165, 1.54) is 6.33 Å². The fraction of sp³-hybridized carbons (Fsp3) is 0.667. The summed E-state index contributed by atoms with van der Waals surface area (Å²) in [7, 11) is 0. The molecule has 9 heteroatoms. The molecule has 116 valence electrons. The first-order chi connectivity index (χ1) is 10.1. The summed E-state index contributed by atoms with van der Waals surface area (Å²) in [5.41, 5.74) is 0. The van der Waals surface area contributed by atoms with Crippen LogP contribution in [0.3, 0.4) is 0 Å². The number of carboxylic acids is 1. The molecule has 2 heterocycles. The van der Waals surface area contributed by atoms with Crippen LogP contribution >= 0.6 is 0 Å². The standard InChI is InChI=1S/C12H20N6O3/c19-11(20)8-17-4-6-18(7-5-17)12(21)13-3-1-2-10-14-9-15-16-10/h9H,1-8H2,(H,13,21)(H,19,20)(H,14,15,16). The highest BCUT2D eigenvalue weighted by Crippen LogP contribution is 2.02. The van der Waals surface area contributed by atoms with E-state index in [-0.39, 0.29) is 12.6 Å². The van der Waals surface area contributed by atoms with Gasteiger partial charge in [-0.3, -0.25) is 14.8 Å². The van der Waals surface area contributed by atoms with Gasteiger partial charge in [-0.2, -0.15) is 5.10 Å². The molecule has 1 aliphatic heterocycles. The lowest BCUT2D eigenvalue weighted by Crippen LogP contribution is -2.52. The Bertz CT molecular complexity index is 456. The van der Waals surface area contributed by atoms with E-state index < -0.39 is 5.97 Å². The molecule has 0 aliphatic carbocycles. The minimum Gasteiger partial charge on any atom is -0.480 e. The van der Waals surface area contributed by atoms with Gasteiger partial charge in [0.15, 0.2) is 0 Å². The molecule has 1 aromatic heterocycles. The summed E-state index contributed by atoms with van der Waals surface area (Å²) in [6.07, 6.45) is 3.00. The van der Waals surface area contributed by atoms with Crippen LogP contribution in [0.1, 0.15) is 12.2 Å². The molecule has 0 radical (unpaired) electrons. The molecule has 2 rings (SSSR count). The minimum absolute atomic E-state index is 0.0344. The van der Waals surface area contributed by atoms with Crippen LogP contribution in [0.4, 0.5) is 4.79 Å². The Hall–Kier alpha value is -2.16. The topological polar surface area (TPSA) is 114 Å². The molecule has 9 nitrogen and oxygen atoms in total. The predicted octanol–water partition coefficient (Wildman–Crippen LogP) is -0.851. The third-order valence-corrected chi connectivity index (χ3v) is 3.35. The number of hydrogen-bond acceptors (Lipinski definition) is 5. The van der Waals surface area contributed by atoms with Gasteiger partial charge in [0.05, 0.1) is 6.54 Å². The molecule has 2 amide bonds.